The van der Waals surface area contributed by atoms with Gasteiger partial charge in [-0.25, -0.2) is 0 Å². The lowest BCUT2D eigenvalue weighted by Crippen LogP contribution is -2.21. The monoisotopic (exact) mass is 259 g/mol. The number of hydrogen-bond donors (Lipinski definition) is 1. The van der Waals surface area contributed by atoms with Crippen LogP contribution in [0.15, 0.2) is 24.3 Å². The highest BCUT2D eigenvalue weighted by atomic mass is 35.5. The minimum Gasteiger partial charge on any atom is -0.493 e. The smallest absolute Gasteiger partial charge is 0.120 e. The van der Waals surface area contributed by atoms with Gasteiger partial charge < -0.3 is 10.5 Å². The summed E-state index contributed by atoms with van der Waals surface area (Å²) in [5.74, 6) is 2.78. The Hall–Kier alpha value is -0.380. The maximum atomic E-state index is 5.84. The van der Waals surface area contributed by atoms with Crippen LogP contribution in [0.2, 0.25) is 5.02 Å². The third kappa shape index (κ3) is 5.64. The second-order valence-corrected chi connectivity index (χ2v) is 5.14. The zero-order valence-corrected chi connectivity index (χ0v) is 11.1. The number of rotatable bonds is 7. The summed E-state index contributed by atoms with van der Waals surface area (Å²) in [4.78, 5) is 0. The Labute approximate surface area is 107 Å². The van der Waals surface area contributed by atoms with E-state index in [4.69, 9.17) is 22.1 Å². The molecule has 2 N–H and O–H groups in total. The largest absolute Gasteiger partial charge is 0.493 e. The number of benzene rings is 1. The molecule has 0 saturated heterocycles. The van der Waals surface area contributed by atoms with Crippen LogP contribution in [0.5, 0.6) is 5.75 Å². The predicted octanol–water partition coefficient (Wildman–Crippen LogP) is 3.19. The van der Waals surface area contributed by atoms with Crippen LogP contribution in [-0.2, 0) is 0 Å². The molecule has 0 spiro atoms. The first-order valence-electron chi connectivity index (χ1n) is 5.44. The lowest BCUT2D eigenvalue weighted by atomic mass is 10.3. The van der Waals surface area contributed by atoms with Crippen LogP contribution >= 0.6 is 23.4 Å². The van der Waals surface area contributed by atoms with Gasteiger partial charge in [0.1, 0.15) is 5.75 Å². The van der Waals surface area contributed by atoms with Crippen LogP contribution in [0, 0.1) is 0 Å². The van der Waals surface area contributed by atoms with Gasteiger partial charge >= 0.3 is 0 Å². The van der Waals surface area contributed by atoms with Crippen LogP contribution in [0.4, 0.5) is 0 Å². The Bertz CT molecular complexity index is 309. The lowest BCUT2D eigenvalue weighted by molar-refractivity contribution is 0.344. The quantitative estimate of drug-likeness (QED) is 0.764. The van der Waals surface area contributed by atoms with Crippen molar-refractivity contribution >= 4 is 23.4 Å². The second kappa shape index (κ2) is 7.82. The highest BCUT2D eigenvalue weighted by molar-refractivity contribution is 7.99. The summed E-state index contributed by atoms with van der Waals surface area (Å²) in [5, 5.41) is 0.707. The van der Waals surface area contributed by atoms with Crippen molar-refractivity contribution in [3.05, 3.63) is 29.3 Å². The SMILES string of the molecule is CCC(N)CSCCOc1cccc(Cl)c1. The van der Waals surface area contributed by atoms with Gasteiger partial charge in [-0.3, -0.25) is 0 Å². The first-order valence-corrected chi connectivity index (χ1v) is 6.97. The van der Waals surface area contributed by atoms with Crippen molar-refractivity contribution in [2.45, 2.75) is 19.4 Å². The van der Waals surface area contributed by atoms with Crippen LogP contribution < -0.4 is 10.5 Å². The molecule has 0 bridgehead atoms. The van der Waals surface area contributed by atoms with Crippen molar-refractivity contribution < 1.29 is 4.74 Å². The fourth-order valence-electron chi connectivity index (χ4n) is 1.13. The maximum absolute atomic E-state index is 5.84. The molecule has 1 unspecified atom stereocenters. The summed E-state index contributed by atoms with van der Waals surface area (Å²) < 4.78 is 5.56. The van der Waals surface area contributed by atoms with Gasteiger partial charge in [-0.15, -0.1) is 0 Å². The molecule has 1 aromatic rings. The average Bonchev–Trinajstić information content (AvgIpc) is 2.28. The molecule has 1 aromatic carbocycles. The third-order valence-electron chi connectivity index (χ3n) is 2.15. The molecule has 4 heteroatoms. The van der Waals surface area contributed by atoms with Gasteiger partial charge in [-0.05, 0) is 24.6 Å². The van der Waals surface area contributed by atoms with E-state index in [1.54, 1.807) is 0 Å². The van der Waals surface area contributed by atoms with Crippen LogP contribution in [0.25, 0.3) is 0 Å². The van der Waals surface area contributed by atoms with Crippen LogP contribution in [-0.4, -0.2) is 24.2 Å². The highest BCUT2D eigenvalue weighted by Gasteiger charge is 1.99. The van der Waals surface area contributed by atoms with Gasteiger partial charge in [-0.1, -0.05) is 24.6 Å². The third-order valence-corrected chi connectivity index (χ3v) is 3.50. The average molecular weight is 260 g/mol. The second-order valence-electron chi connectivity index (χ2n) is 3.55. The first-order chi connectivity index (χ1) is 7.72. The molecule has 2 nitrogen and oxygen atoms in total. The zero-order valence-electron chi connectivity index (χ0n) is 9.49. The summed E-state index contributed by atoms with van der Waals surface area (Å²) >= 11 is 7.67. The topological polar surface area (TPSA) is 35.2 Å². The summed E-state index contributed by atoms with van der Waals surface area (Å²) in [7, 11) is 0. The van der Waals surface area contributed by atoms with Crippen LogP contribution in [0.3, 0.4) is 0 Å². The predicted molar refractivity (Wildman–Crippen MR) is 72.5 cm³/mol. The van der Waals surface area contributed by atoms with Crippen molar-refractivity contribution in [1.82, 2.24) is 0 Å². The molecule has 0 aliphatic heterocycles. The van der Waals surface area contributed by atoms with Gasteiger partial charge in [0.25, 0.3) is 0 Å². The molecule has 90 valence electrons. The standard InChI is InChI=1S/C12H18ClNOS/c1-2-11(14)9-16-7-6-15-12-5-3-4-10(13)8-12/h3-5,8,11H,2,6-7,9,14H2,1H3. The van der Waals surface area contributed by atoms with E-state index >= 15 is 0 Å². The summed E-state index contributed by atoms with van der Waals surface area (Å²) in [6, 6.07) is 7.76. The van der Waals surface area contributed by atoms with Gasteiger partial charge in [0.2, 0.25) is 0 Å². The summed E-state index contributed by atoms with van der Waals surface area (Å²) in [5.41, 5.74) is 5.81. The summed E-state index contributed by atoms with van der Waals surface area (Å²) in [6.45, 7) is 2.80. The normalized spacial score (nSPS) is 12.4. The van der Waals surface area contributed by atoms with Crippen molar-refractivity contribution in [3.8, 4) is 5.75 Å². The van der Waals surface area contributed by atoms with Crippen LogP contribution in [0.1, 0.15) is 13.3 Å². The molecule has 0 radical (unpaired) electrons. The van der Waals surface area contributed by atoms with Crippen molar-refractivity contribution in [2.75, 3.05) is 18.1 Å². The van der Waals surface area contributed by atoms with E-state index in [1.807, 2.05) is 36.0 Å². The molecule has 0 fully saturated rings. The van der Waals surface area contributed by atoms with E-state index in [0.717, 1.165) is 23.7 Å². The molecule has 16 heavy (non-hydrogen) atoms. The Morgan fingerprint density at radius 1 is 1.50 bits per heavy atom. The molecule has 0 aromatic heterocycles. The Morgan fingerprint density at radius 3 is 3.00 bits per heavy atom. The number of hydrogen-bond acceptors (Lipinski definition) is 3. The van der Waals surface area contributed by atoms with Crippen molar-refractivity contribution in [1.29, 1.82) is 0 Å². The van der Waals surface area contributed by atoms with E-state index in [2.05, 4.69) is 6.92 Å². The molecule has 0 saturated carbocycles. The Kier molecular flexibility index (Phi) is 6.69. The molecule has 1 atom stereocenters. The van der Waals surface area contributed by atoms with E-state index in [9.17, 15) is 0 Å². The molecule has 0 aliphatic carbocycles. The van der Waals surface area contributed by atoms with E-state index < -0.39 is 0 Å². The molecule has 1 rings (SSSR count). The van der Waals surface area contributed by atoms with E-state index in [-0.39, 0.29) is 0 Å². The van der Waals surface area contributed by atoms with Gasteiger partial charge in [-0.2, -0.15) is 11.8 Å². The molecule has 0 aliphatic rings. The Balaban J connectivity index is 2.12. The fourth-order valence-corrected chi connectivity index (χ4v) is 2.21. The maximum Gasteiger partial charge on any atom is 0.120 e. The van der Waals surface area contributed by atoms with Crippen molar-refractivity contribution in [3.63, 3.8) is 0 Å². The number of halogens is 1. The summed E-state index contributed by atoms with van der Waals surface area (Å²) in [6.07, 6.45) is 1.03. The number of ether oxygens (including phenoxy) is 1. The molecule has 0 heterocycles. The molecular weight excluding hydrogens is 242 g/mol. The minimum atomic E-state index is 0.302. The fraction of sp³-hybridized carbons (Fsp3) is 0.500. The van der Waals surface area contributed by atoms with Gasteiger partial charge in [0, 0.05) is 22.6 Å². The number of nitrogens with two attached hydrogens (primary N) is 1. The minimum absolute atomic E-state index is 0.302. The zero-order chi connectivity index (χ0) is 11.8. The Morgan fingerprint density at radius 2 is 2.31 bits per heavy atom. The molecule has 0 amide bonds. The van der Waals surface area contributed by atoms with Crippen molar-refractivity contribution in [2.24, 2.45) is 5.73 Å². The first kappa shape index (κ1) is 13.7. The lowest BCUT2D eigenvalue weighted by Gasteiger charge is -2.09. The highest BCUT2D eigenvalue weighted by Crippen LogP contribution is 2.17. The molecular formula is C12H18ClNOS. The van der Waals surface area contributed by atoms with Gasteiger partial charge in [0.15, 0.2) is 0 Å². The van der Waals surface area contributed by atoms with E-state index in [0.29, 0.717) is 17.7 Å². The van der Waals surface area contributed by atoms with Gasteiger partial charge in [0.05, 0.1) is 6.61 Å². The number of thioether (sulfide) groups is 1. The van der Waals surface area contributed by atoms with E-state index in [1.165, 1.54) is 0 Å².